The molecule has 0 aliphatic rings. The predicted octanol–water partition coefficient (Wildman–Crippen LogP) is 2.75. The normalized spacial score (nSPS) is 10.7. The van der Waals surface area contributed by atoms with E-state index in [4.69, 9.17) is 14.6 Å². The van der Waals surface area contributed by atoms with Gasteiger partial charge in [0.1, 0.15) is 0 Å². The Bertz CT molecular complexity index is 359. The second kappa shape index (κ2) is 6.50. The van der Waals surface area contributed by atoms with E-state index in [2.05, 4.69) is 19.9 Å². The average molecular weight is 238 g/mol. The largest absolute Gasteiger partial charge is 0.493 e. The van der Waals surface area contributed by atoms with Crippen LogP contribution in [0.4, 0.5) is 0 Å². The zero-order valence-corrected chi connectivity index (χ0v) is 11.1. The lowest BCUT2D eigenvalue weighted by atomic mass is 9.97. The maximum Gasteiger partial charge on any atom is 0.163 e. The Morgan fingerprint density at radius 2 is 1.88 bits per heavy atom. The molecule has 1 aromatic carbocycles. The van der Waals surface area contributed by atoms with Crippen molar-refractivity contribution in [3.63, 3.8) is 0 Å². The van der Waals surface area contributed by atoms with Crippen LogP contribution in [0.5, 0.6) is 11.5 Å². The van der Waals surface area contributed by atoms with Gasteiger partial charge in [-0.2, -0.15) is 0 Å². The zero-order chi connectivity index (χ0) is 12.8. The van der Waals surface area contributed by atoms with Crippen molar-refractivity contribution >= 4 is 0 Å². The van der Waals surface area contributed by atoms with Crippen LogP contribution in [0.15, 0.2) is 12.1 Å². The summed E-state index contributed by atoms with van der Waals surface area (Å²) in [6, 6.07) is 4.16. The van der Waals surface area contributed by atoms with Crippen LogP contribution in [-0.4, -0.2) is 25.9 Å². The van der Waals surface area contributed by atoms with Gasteiger partial charge < -0.3 is 14.6 Å². The van der Waals surface area contributed by atoms with Gasteiger partial charge in [0.2, 0.25) is 0 Å². The van der Waals surface area contributed by atoms with Gasteiger partial charge in [0.15, 0.2) is 11.5 Å². The molecule has 0 atom stereocenters. The van der Waals surface area contributed by atoms with Gasteiger partial charge in [-0.3, -0.25) is 0 Å². The maximum absolute atomic E-state index is 8.92. The number of rotatable bonds is 6. The fraction of sp³-hybridized carbons (Fsp3) is 0.571. The summed E-state index contributed by atoms with van der Waals surface area (Å²) in [5, 5.41) is 8.92. The van der Waals surface area contributed by atoms with E-state index in [1.165, 1.54) is 5.56 Å². The zero-order valence-electron chi connectivity index (χ0n) is 11.1. The van der Waals surface area contributed by atoms with Gasteiger partial charge in [0, 0.05) is 6.61 Å². The van der Waals surface area contributed by atoms with Crippen molar-refractivity contribution in [2.75, 3.05) is 20.8 Å². The summed E-state index contributed by atoms with van der Waals surface area (Å²) in [4.78, 5) is 0. The molecule has 3 nitrogen and oxygen atoms in total. The van der Waals surface area contributed by atoms with Crippen molar-refractivity contribution in [2.24, 2.45) is 0 Å². The molecule has 17 heavy (non-hydrogen) atoms. The predicted molar refractivity (Wildman–Crippen MR) is 69.0 cm³/mol. The third kappa shape index (κ3) is 3.37. The number of aliphatic hydroxyl groups is 1. The Morgan fingerprint density at radius 3 is 2.35 bits per heavy atom. The Hall–Kier alpha value is -1.22. The van der Waals surface area contributed by atoms with E-state index in [-0.39, 0.29) is 6.61 Å². The highest BCUT2D eigenvalue weighted by molar-refractivity contribution is 5.50. The number of ether oxygens (including phenoxy) is 2. The molecule has 0 saturated carbocycles. The maximum atomic E-state index is 8.92. The molecular formula is C14H22O3. The standard InChI is InChI=1S/C14H22O3/c1-10(2)12-8-11(6-5-7-15)14(17-4)13(9-12)16-3/h8-10,15H,5-7H2,1-4H3. The van der Waals surface area contributed by atoms with Crippen molar-refractivity contribution < 1.29 is 14.6 Å². The molecular weight excluding hydrogens is 216 g/mol. The van der Waals surface area contributed by atoms with Crippen LogP contribution in [0.3, 0.4) is 0 Å². The van der Waals surface area contributed by atoms with Gasteiger partial charge in [-0.15, -0.1) is 0 Å². The van der Waals surface area contributed by atoms with Gasteiger partial charge in [0.25, 0.3) is 0 Å². The second-order valence-electron chi connectivity index (χ2n) is 4.40. The summed E-state index contributed by atoms with van der Waals surface area (Å²) >= 11 is 0. The summed E-state index contributed by atoms with van der Waals surface area (Å²) in [7, 11) is 3.30. The molecule has 96 valence electrons. The van der Waals surface area contributed by atoms with Crippen LogP contribution in [-0.2, 0) is 6.42 Å². The van der Waals surface area contributed by atoms with Crippen molar-refractivity contribution in [2.45, 2.75) is 32.6 Å². The van der Waals surface area contributed by atoms with Crippen molar-refractivity contribution in [3.8, 4) is 11.5 Å². The number of hydrogen-bond donors (Lipinski definition) is 1. The fourth-order valence-corrected chi connectivity index (χ4v) is 1.86. The van der Waals surface area contributed by atoms with Crippen LogP contribution in [0, 0.1) is 0 Å². The van der Waals surface area contributed by atoms with Gasteiger partial charge in [0.05, 0.1) is 14.2 Å². The fourth-order valence-electron chi connectivity index (χ4n) is 1.86. The molecule has 1 rings (SSSR count). The highest BCUT2D eigenvalue weighted by Gasteiger charge is 2.13. The molecule has 0 unspecified atom stereocenters. The molecule has 1 N–H and O–H groups in total. The first-order valence-electron chi connectivity index (χ1n) is 5.99. The van der Waals surface area contributed by atoms with E-state index >= 15 is 0 Å². The lowest BCUT2D eigenvalue weighted by Gasteiger charge is -2.16. The van der Waals surface area contributed by atoms with E-state index in [9.17, 15) is 0 Å². The first-order chi connectivity index (χ1) is 8.13. The number of methoxy groups -OCH3 is 2. The summed E-state index contributed by atoms with van der Waals surface area (Å²) < 4.78 is 10.8. The number of aliphatic hydroxyl groups excluding tert-OH is 1. The summed E-state index contributed by atoms with van der Waals surface area (Å²) in [5.41, 5.74) is 2.33. The molecule has 0 aromatic heterocycles. The third-order valence-corrected chi connectivity index (χ3v) is 2.85. The van der Waals surface area contributed by atoms with E-state index in [0.717, 1.165) is 29.9 Å². The minimum absolute atomic E-state index is 0.192. The van der Waals surface area contributed by atoms with E-state index in [1.807, 2.05) is 6.07 Å². The van der Waals surface area contributed by atoms with Crippen molar-refractivity contribution in [3.05, 3.63) is 23.3 Å². The van der Waals surface area contributed by atoms with Crippen molar-refractivity contribution in [1.29, 1.82) is 0 Å². The summed E-state index contributed by atoms with van der Waals surface area (Å²) in [6.07, 6.45) is 1.54. The van der Waals surface area contributed by atoms with Crippen LogP contribution >= 0.6 is 0 Å². The Labute approximate surface area is 103 Å². The molecule has 1 aromatic rings. The molecule has 0 aliphatic heterocycles. The van der Waals surface area contributed by atoms with Crippen LogP contribution in [0.2, 0.25) is 0 Å². The van der Waals surface area contributed by atoms with Gasteiger partial charge in [-0.1, -0.05) is 19.9 Å². The molecule has 0 fully saturated rings. The highest BCUT2D eigenvalue weighted by Crippen LogP contribution is 2.35. The quantitative estimate of drug-likeness (QED) is 0.828. The van der Waals surface area contributed by atoms with E-state index in [0.29, 0.717) is 5.92 Å². The van der Waals surface area contributed by atoms with Gasteiger partial charge in [-0.25, -0.2) is 0 Å². The lowest BCUT2D eigenvalue weighted by Crippen LogP contribution is -2.00. The summed E-state index contributed by atoms with van der Waals surface area (Å²) in [6.45, 7) is 4.49. The molecule has 0 saturated heterocycles. The minimum atomic E-state index is 0.192. The number of hydrogen-bond acceptors (Lipinski definition) is 3. The van der Waals surface area contributed by atoms with Crippen LogP contribution in [0.1, 0.15) is 37.3 Å². The molecule has 0 heterocycles. The van der Waals surface area contributed by atoms with Gasteiger partial charge >= 0.3 is 0 Å². The monoisotopic (exact) mass is 238 g/mol. The highest BCUT2D eigenvalue weighted by atomic mass is 16.5. The van der Waals surface area contributed by atoms with Crippen LogP contribution in [0.25, 0.3) is 0 Å². The smallest absolute Gasteiger partial charge is 0.163 e. The summed E-state index contributed by atoms with van der Waals surface area (Å²) in [5.74, 6) is 2.00. The molecule has 0 bridgehead atoms. The first kappa shape index (κ1) is 13.8. The Balaban J connectivity index is 3.17. The first-order valence-corrected chi connectivity index (χ1v) is 5.99. The van der Waals surface area contributed by atoms with Crippen molar-refractivity contribution in [1.82, 2.24) is 0 Å². The molecule has 3 heteroatoms. The second-order valence-corrected chi connectivity index (χ2v) is 4.40. The molecule has 0 radical (unpaired) electrons. The van der Waals surface area contributed by atoms with E-state index in [1.54, 1.807) is 14.2 Å². The molecule has 0 spiro atoms. The Morgan fingerprint density at radius 1 is 1.18 bits per heavy atom. The van der Waals surface area contributed by atoms with Crippen LogP contribution < -0.4 is 9.47 Å². The number of aryl methyl sites for hydroxylation is 1. The van der Waals surface area contributed by atoms with Gasteiger partial charge in [-0.05, 0) is 36.0 Å². The molecule has 0 amide bonds. The number of benzene rings is 1. The Kier molecular flexibility index (Phi) is 5.29. The topological polar surface area (TPSA) is 38.7 Å². The van der Waals surface area contributed by atoms with E-state index < -0.39 is 0 Å². The molecule has 0 aliphatic carbocycles. The lowest BCUT2D eigenvalue weighted by molar-refractivity contribution is 0.287. The average Bonchev–Trinajstić information content (AvgIpc) is 2.34. The minimum Gasteiger partial charge on any atom is -0.493 e. The SMILES string of the molecule is COc1cc(C(C)C)cc(CCCO)c1OC. The third-order valence-electron chi connectivity index (χ3n) is 2.85.